The summed E-state index contributed by atoms with van der Waals surface area (Å²) in [5, 5.41) is 12.7. The number of amides is 3. The van der Waals surface area contributed by atoms with Crippen LogP contribution in [0.5, 0.6) is 5.75 Å². The van der Waals surface area contributed by atoms with Gasteiger partial charge in [0, 0.05) is 81.6 Å². The molecule has 290 valence electrons. The lowest BCUT2D eigenvalue weighted by Gasteiger charge is -2.40. The third-order valence-corrected chi connectivity index (χ3v) is 14.1. The number of aryl methyl sites for hydroxylation is 1. The van der Waals surface area contributed by atoms with Crippen LogP contribution in [0.15, 0.2) is 60.7 Å². The number of hydrogen-bond donors (Lipinski definition) is 2. The molecule has 9 nitrogen and oxygen atoms in total. The van der Waals surface area contributed by atoms with Crippen molar-refractivity contribution < 1.29 is 19.5 Å². The molecule has 3 aromatic carbocycles. The molecule has 55 heavy (non-hydrogen) atoms. The molecule has 3 saturated heterocycles. The van der Waals surface area contributed by atoms with Crippen LogP contribution in [0.3, 0.4) is 0 Å². The smallest absolute Gasteiger partial charge is 0.255 e. The van der Waals surface area contributed by atoms with Crippen LogP contribution >= 0.6 is 0 Å². The van der Waals surface area contributed by atoms with Crippen molar-refractivity contribution >= 4 is 29.1 Å². The third kappa shape index (κ3) is 7.49. The van der Waals surface area contributed by atoms with E-state index in [-0.39, 0.29) is 24.1 Å². The minimum atomic E-state index is -0.580. The summed E-state index contributed by atoms with van der Waals surface area (Å²) < 4.78 is 0. The van der Waals surface area contributed by atoms with E-state index in [1.807, 2.05) is 18.2 Å². The Morgan fingerprint density at radius 2 is 1.40 bits per heavy atom. The van der Waals surface area contributed by atoms with Crippen molar-refractivity contribution in [2.75, 3.05) is 55.6 Å². The fourth-order valence-electron chi connectivity index (χ4n) is 11.1. The topological polar surface area (TPSA) is 96.4 Å². The first-order valence-electron chi connectivity index (χ1n) is 21.3. The van der Waals surface area contributed by atoms with Gasteiger partial charge in [0.15, 0.2) is 0 Å². The number of nitrogens with one attached hydrogen (secondary N) is 1. The van der Waals surface area contributed by atoms with Crippen LogP contribution in [0, 0.1) is 17.8 Å². The Morgan fingerprint density at radius 3 is 2.15 bits per heavy atom. The monoisotopic (exact) mass is 743 g/mol. The first-order valence-corrected chi connectivity index (χ1v) is 21.3. The highest BCUT2D eigenvalue weighted by atomic mass is 16.3. The molecule has 3 aromatic rings. The van der Waals surface area contributed by atoms with Gasteiger partial charge in [-0.15, -0.1) is 0 Å². The van der Waals surface area contributed by atoms with Gasteiger partial charge in [0.2, 0.25) is 11.8 Å². The minimum absolute atomic E-state index is 0.115. The zero-order chi connectivity index (χ0) is 37.5. The maximum Gasteiger partial charge on any atom is 0.255 e. The summed E-state index contributed by atoms with van der Waals surface area (Å²) in [6, 6.07) is 21.3. The predicted molar refractivity (Wildman–Crippen MR) is 215 cm³/mol. The molecular weight excluding hydrogens is 687 g/mol. The van der Waals surface area contributed by atoms with Crippen LogP contribution in [0.2, 0.25) is 0 Å². The molecule has 0 unspecified atom stereocenters. The summed E-state index contributed by atoms with van der Waals surface area (Å²) in [7, 11) is 0. The molecule has 3 atom stereocenters. The number of rotatable bonds is 7. The lowest BCUT2D eigenvalue weighted by Crippen LogP contribution is -2.52. The van der Waals surface area contributed by atoms with Gasteiger partial charge in [0.05, 0.1) is 0 Å². The number of carbonyl (C=O) groups is 3. The average Bonchev–Trinajstić information content (AvgIpc) is 3.33. The molecule has 6 aliphatic rings. The highest BCUT2D eigenvalue weighted by Gasteiger charge is 2.40. The summed E-state index contributed by atoms with van der Waals surface area (Å²) in [4.78, 5) is 46.6. The van der Waals surface area contributed by atoms with Crippen LogP contribution in [-0.4, -0.2) is 84.5 Å². The molecular formula is C46H57N5O4. The molecule has 2 aliphatic carbocycles. The van der Waals surface area contributed by atoms with E-state index < -0.39 is 6.04 Å². The van der Waals surface area contributed by atoms with Gasteiger partial charge in [-0.3, -0.25) is 24.6 Å². The van der Waals surface area contributed by atoms with E-state index in [2.05, 4.69) is 62.5 Å². The number of anilines is 2. The first kappa shape index (κ1) is 36.3. The number of aromatic hydroxyl groups is 1. The molecule has 0 radical (unpaired) electrons. The summed E-state index contributed by atoms with van der Waals surface area (Å²) in [6.45, 7) is 7.76. The normalized spacial score (nSPS) is 25.8. The third-order valence-electron chi connectivity index (χ3n) is 14.1. The van der Waals surface area contributed by atoms with Crippen LogP contribution in [0.1, 0.15) is 109 Å². The number of imide groups is 1. The van der Waals surface area contributed by atoms with Crippen molar-refractivity contribution in [1.82, 2.24) is 15.1 Å². The number of nitrogens with zero attached hydrogens (tertiary/aromatic N) is 4. The van der Waals surface area contributed by atoms with Crippen molar-refractivity contribution in [3.8, 4) is 5.75 Å². The standard InChI is InChI=1S/C46H57N5O4/c52-38-13-16-40-34(28-38)9-14-39(32-5-3-1-2-4-6-32)44(40)33-7-10-36(11-8-33)49-21-19-31(20-22-49)29-48-23-25-50(26-24-48)37-12-15-41-35(27-37)30-51(46(41)55)42-17-18-43(53)47-45(42)54/h7-8,10-13,15-16,27-28,31-32,39,42,44,52H,1-6,9,14,17-26,29-30H2,(H,47,53,54)/t39-,42+,44+/m1/s1. The van der Waals surface area contributed by atoms with Crippen LogP contribution in [0.4, 0.5) is 11.4 Å². The SMILES string of the molecule is O=C1CC[C@H](N2Cc3cc(N4CCN(CC5CCN(c6ccc([C@@H]7c8ccc(O)cc8CC[C@@H]7C7CCCCCC7)cc6)CC5)CC4)ccc3C2=O)C(=O)N1. The lowest BCUT2D eigenvalue weighted by atomic mass is 9.65. The Labute approximate surface area is 326 Å². The number of phenolic OH excluding ortho intramolecular Hbond substituents is 1. The van der Waals surface area contributed by atoms with Crippen LogP contribution in [-0.2, 0) is 22.6 Å². The van der Waals surface area contributed by atoms with Gasteiger partial charge in [-0.25, -0.2) is 0 Å². The number of phenols is 1. The second kappa shape index (κ2) is 15.6. The quantitative estimate of drug-likeness (QED) is 0.202. The second-order valence-electron chi connectivity index (χ2n) is 17.4. The summed E-state index contributed by atoms with van der Waals surface area (Å²) >= 11 is 0. The number of carbonyl (C=O) groups excluding carboxylic acids is 3. The maximum absolute atomic E-state index is 13.2. The van der Waals surface area contributed by atoms with Gasteiger partial charge in [0.1, 0.15) is 11.8 Å². The molecule has 4 aliphatic heterocycles. The largest absolute Gasteiger partial charge is 0.508 e. The summed E-state index contributed by atoms with van der Waals surface area (Å²) in [5.74, 6) is 2.24. The number of benzene rings is 3. The molecule has 3 amide bonds. The Balaban J connectivity index is 0.776. The molecule has 9 heteroatoms. The summed E-state index contributed by atoms with van der Waals surface area (Å²) in [6.07, 6.45) is 13.6. The molecule has 4 fully saturated rings. The van der Waals surface area contributed by atoms with E-state index in [1.54, 1.807) is 4.90 Å². The Hall–Kier alpha value is -4.37. The number of fused-ring (bicyclic) bond motifs is 2. The molecule has 0 bridgehead atoms. The number of piperazine rings is 1. The van der Waals surface area contributed by atoms with E-state index in [1.165, 1.54) is 80.2 Å². The molecule has 1 saturated carbocycles. The Bertz CT molecular complexity index is 1890. The van der Waals surface area contributed by atoms with Crippen molar-refractivity contribution in [3.05, 3.63) is 88.5 Å². The van der Waals surface area contributed by atoms with Gasteiger partial charge in [-0.05, 0) is 115 Å². The van der Waals surface area contributed by atoms with Gasteiger partial charge in [-0.1, -0.05) is 56.7 Å². The van der Waals surface area contributed by atoms with Crippen molar-refractivity contribution in [2.24, 2.45) is 17.8 Å². The molecule has 0 spiro atoms. The van der Waals surface area contributed by atoms with Crippen molar-refractivity contribution in [2.45, 2.75) is 95.6 Å². The van der Waals surface area contributed by atoms with E-state index in [4.69, 9.17) is 0 Å². The average molecular weight is 744 g/mol. The fourth-order valence-corrected chi connectivity index (χ4v) is 11.1. The molecule has 0 aromatic heterocycles. The second-order valence-corrected chi connectivity index (χ2v) is 17.4. The van der Waals surface area contributed by atoms with Crippen molar-refractivity contribution in [3.63, 3.8) is 0 Å². The fraction of sp³-hybridized carbons (Fsp3) is 0.543. The van der Waals surface area contributed by atoms with E-state index in [0.29, 0.717) is 42.0 Å². The summed E-state index contributed by atoms with van der Waals surface area (Å²) in [5.41, 5.74) is 8.35. The molecule has 9 rings (SSSR count). The van der Waals surface area contributed by atoms with E-state index in [0.717, 1.165) is 69.4 Å². The molecule has 4 heterocycles. The van der Waals surface area contributed by atoms with E-state index >= 15 is 0 Å². The van der Waals surface area contributed by atoms with Gasteiger partial charge in [-0.2, -0.15) is 0 Å². The Kier molecular flexibility index (Phi) is 10.3. The zero-order valence-electron chi connectivity index (χ0n) is 32.3. The lowest BCUT2D eigenvalue weighted by molar-refractivity contribution is -0.136. The van der Waals surface area contributed by atoms with Gasteiger partial charge < -0.3 is 19.8 Å². The highest BCUT2D eigenvalue weighted by Crippen LogP contribution is 2.48. The zero-order valence-corrected chi connectivity index (χ0v) is 32.3. The minimum Gasteiger partial charge on any atom is -0.508 e. The van der Waals surface area contributed by atoms with Gasteiger partial charge >= 0.3 is 0 Å². The number of piperidine rings is 2. The predicted octanol–water partition coefficient (Wildman–Crippen LogP) is 6.86. The van der Waals surface area contributed by atoms with Crippen molar-refractivity contribution in [1.29, 1.82) is 0 Å². The maximum atomic E-state index is 13.2. The van der Waals surface area contributed by atoms with E-state index in [9.17, 15) is 19.5 Å². The highest BCUT2D eigenvalue weighted by molar-refractivity contribution is 6.05. The van der Waals surface area contributed by atoms with Crippen LogP contribution in [0.25, 0.3) is 0 Å². The molecule has 2 N–H and O–H groups in total. The van der Waals surface area contributed by atoms with Crippen LogP contribution < -0.4 is 15.1 Å². The first-order chi connectivity index (χ1) is 26.9. The number of hydrogen-bond acceptors (Lipinski definition) is 7. The van der Waals surface area contributed by atoms with Gasteiger partial charge in [0.25, 0.3) is 5.91 Å². The Morgan fingerprint density at radius 1 is 0.673 bits per heavy atom.